The van der Waals surface area contributed by atoms with E-state index in [1.165, 1.54) is 19.2 Å². The van der Waals surface area contributed by atoms with Crippen molar-refractivity contribution in [3.05, 3.63) is 63.4 Å². The lowest BCUT2D eigenvalue weighted by atomic mass is 9.75. The number of non-ortho nitro benzene ring substituents is 1. The zero-order chi connectivity index (χ0) is 20.7. The van der Waals surface area contributed by atoms with Crippen LogP contribution in [0.5, 0.6) is 0 Å². The smallest absolute Gasteiger partial charge is 0.315 e. The first-order chi connectivity index (χ1) is 13.9. The summed E-state index contributed by atoms with van der Waals surface area (Å²) in [6.07, 6.45) is 6.00. The van der Waals surface area contributed by atoms with Gasteiger partial charge in [0.15, 0.2) is 5.82 Å². The maximum atomic E-state index is 12.8. The van der Waals surface area contributed by atoms with E-state index in [-0.39, 0.29) is 11.6 Å². The molecule has 150 valence electrons. The molecule has 0 bridgehead atoms. The zero-order valence-electron chi connectivity index (χ0n) is 16.5. The van der Waals surface area contributed by atoms with Crippen molar-refractivity contribution < 1.29 is 14.5 Å². The van der Waals surface area contributed by atoms with E-state index in [2.05, 4.69) is 17.1 Å². The van der Waals surface area contributed by atoms with Gasteiger partial charge in [0.1, 0.15) is 5.92 Å². The van der Waals surface area contributed by atoms with Gasteiger partial charge in [0.05, 0.1) is 17.7 Å². The summed E-state index contributed by atoms with van der Waals surface area (Å²) in [6.45, 7) is 1.79. The number of hydrogen-bond donors (Lipinski definition) is 0. The highest BCUT2D eigenvalue weighted by Crippen LogP contribution is 2.48. The van der Waals surface area contributed by atoms with Crippen LogP contribution < -0.4 is 0 Å². The molecule has 0 radical (unpaired) electrons. The average molecular weight is 394 g/mol. The standard InChI is InChI=1S/C21H22N4O4/c1-12-16(21(26)29-3)17(14-9-6-10-15(11-14)25(27)28)18-19(13-7-4-5-8-13)23-24(2)20(18)22-12/h4-6,9-11,13,16-17H,7-8H2,1-3H3. The number of nitro benzene ring substituents is 1. The third kappa shape index (κ3) is 3.14. The fraction of sp³-hybridized carbons (Fsp3) is 0.381. The molecule has 0 N–H and O–H groups in total. The van der Waals surface area contributed by atoms with Gasteiger partial charge in [-0.15, -0.1) is 0 Å². The van der Waals surface area contributed by atoms with Gasteiger partial charge in [0.25, 0.3) is 5.69 Å². The number of aryl methyl sites for hydroxylation is 1. The van der Waals surface area contributed by atoms with Crippen LogP contribution in [0.4, 0.5) is 11.5 Å². The molecule has 1 aromatic carbocycles. The summed E-state index contributed by atoms with van der Waals surface area (Å²) >= 11 is 0. The Morgan fingerprint density at radius 3 is 2.69 bits per heavy atom. The minimum Gasteiger partial charge on any atom is -0.468 e. The molecule has 1 aromatic heterocycles. The lowest BCUT2D eigenvalue weighted by Gasteiger charge is -2.30. The van der Waals surface area contributed by atoms with Gasteiger partial charge >= 0.3 is 5.97 Å². The molecule has 2 unspecified atom stereocenters. The second-order valence-corrected chi connectivity index (χ2v) is 7.47. The molecule has 29 heavy (non-hydrogen) atoms. The Morgan fingerprint density at radius 2 is 2.03 bits per heavy atom. The van der Waals surface area contributed by atoms with Crippen molar-refractivity contribution in [2.24, 2.45) is 18.0 Å². The highest BCUT2D eigenvalue weighted by Gasteiger charge is 2.43. The lowest BCUT2D eigenvalue weighted by Crippen LogP contribution is -2.33. The number of nitrogens with zero attached hydrogens (tertiary/aromatic N) is 4. The van der Waals surface area contributed by atoms with Gasteiger partial charge in [-0.05, 0) is 25.3 Å². The number of allylic oxidation sites excluding steroid dienone is 2. The SMILES string of the molecule is COC(=O)C1C(C)=Nc2c(c(C3CC=CC3)nn2C)C1c1cccc([N+](=O)[O-])c1. The van der Waals surface area contributed by atoms with Crippen molar-refractivity contribution in [3.63, 3.8) is 0 Å². The number of carbonyl (C=O) groups is 1. The minimum atomic E-state index is -0.660. The Labute approximate surface area is 168 Å². The van der Waals surface area contributed by atoms with Crippen LogP contribution in [0.2, 0.25) is 0 Å². The third-order valence-electron chi connectivity index (χ3n) is 5.75. The van der Waals surface area contributed by atoms with Crippen molar-refractivity contribution in [2.75, 3.05) is 7.11 Å². The third-order valence-corrected chi connectivity index (χ3v) is 5.75. The summed E-state index contributed by atoms with van der Waals surface area (Å²) in [5.41, 5.74) is 3.04. The number of nitro groups is 1. The quantitative estimate of drug-likeness (QED) is 0.340. The highest BCUT2D eigenvalue weighted by molar-refractivity contribution is 6.05. The van der Waals surface area contributed by atoms with Crippen LogP contribution in [0.15, 0.2) is 41.4 Å². The van der Waals surface area contributed by atoms with E-state index in [1.807, 2.05) is 13.1 Å². The van der Waals surface area contributed by atoms with E-state index in [0.29, 0.717) is 17.1 Å². The van der Waals surface area contributed by atoms with E-state index in [4.69, 9.17) is 9.84 Å². The first-order valence-corrected chi connectivity index (χ1v) is 9.51. The maximum absolute atomic E-state index is 12.8. The predicted octanol–water partition coefficient (Wildman–Crippen LogP) is 3.79. The number of esters is 1. The largest absolute Gasteiger partial charge is 0.468 e. The molecule has 0 saturated carbocycles. The lowest BCUT2D eigenvalue weighted by molar-refractivity contribution is -0.384. The number of methoxy groups -OCH3 is 1. The average Bonchev–Trinajstić information content (AvgIpc) is 3.35. The van der Waals surface area contributed by atoms with Gasteiger partial charge in [0.2, 0.25) is 0 Å². The molecule has 2 aliphatic rings. The molecule has 8 heteroatoms. The first kappa shape index (κ1) is 19.0. The van der Waals surface area contributed by atoms with E-state index in [1.54, 1.807) is 17.7 Å². The Balaban J connectivity index is 1.95. The second kappa shape index (κ2) is 7.27. The molecule has 4 rings (SSSR count). The van der Waals surface area contributed by atoms with Crippen LogP contribution in [-0.2, 0) is 16.6 Å². The molecule has 0 fully saturated rings. The summed E-state index contributed by atoms with van der Waals surface area (Å²) in [5, 5.41) is 16.1. The van der Waals surface area contributed by atoms with Crippen molar-refractivity contribution in [1.29, 1.82) is 0 Å². The maximum Gasteiger partial charge on any atom is 0.315 e. The van der Waals surface area contributed by atoms with Gasteiger partial charge in [-0.25, -0.2) is 4.99 Å². The molecule has 0 saturated heterocycles. The molecule has 8 nitrogen and oxygen atoms in total. The first-order valence-electron chi connectivity index (χ1n) is 9.51. The Hall–Kier alpha value is -3.29. The molecular formula is C21H22N4O4. The van der Waals surface area contributed by atoms with Crippen molar-refractivity contribution in [3.8, 4) is 0 Å². The number of ether oxygens (including phenoxy) is 1. The molecule has 2 atom stereocenters. The van der Waals surface area contributed by atoms with E-state index in [9.17, 15) is 14.9 Å². The van der Waals surface area contributed by atoms with Crippen LogP contribution in [0.1, 0.15) is 48.4 Å². The van der Waals surface area contributed by atoms with Gasteiger partial charge in [0, 0.05) is 42.3 Å². The molecule has 2 aromatic rings. The van der Waals surface area contributed by atoms with E-state index < -0.39 is 22.7 Å². The van der Waals surface area contributed by atoms with Gasteiger partial charge in [-0.2, -0.15) is 5.10 Å². The predicted molar refractivity (Wildman–Crippen MR) is 108 cm³/mol. The Bertz CT molecular complexity index is 1040. The normalized spacial score (nSPS) is 21.0. The number of hydrogen-bond acceptors (Lipinski definition) is 6. The molecule has 1 aliphatic carbocycles. The van der Waals surface area contributed by atoms with Crippen LogP contribution >= 0.6 is 0 Å². The summed E-state index contributed by atoms with van der Waals surface area (Å²) in [5.74, 6) is -0.613. The van der Waals surface area contributed by atoms with Crippen LogP contribution in [0.3, 0.4) is 0 Å². The topological polar surface area (TPSA) is 99.6 Å². The summed E-state index contributed by atoms with van der Waals surface area (Å²) in [6, 6.07) is 6.45. The summed E-state index contributed by atoms with van der Waals surface area (Å²) < 4.78 is 6.82. The second-order valence-electron chi connectivity index (χ2n) is 7.47. The molecule has 1 aliphatic heterocycles. The number of rotatable bonds is 4. The number of aromatic nitrogens is 2. The molecule has 0 amide bonds. The van der Waals surface area contributed by atoms with Gasteiger partial charge in [-0.3, -0.25) is 19.6 Å². The Kier molecular flexibility index (Phi) is 4.77. The van der Waals surface area contributed by atoms with Crippen LogP contribution in [0.25, 0.3) is 0 Å². The number of benzene rings is 1. The van der Waals surface area contributed by atoms with E-state index in [0.717, 1.165) is 24.1 Å². The minimum absolute atomic E-state index is 0.0131. The zero-order valence-corrected chi connectivity index (χ0v) is 16.5. The molecular weight excluding hydrogens is 372 g/mol. The van der Waals surface area contributed by atoms with Crippen molar-refractivity contribution in [1.82, 2.24) is 9.78 Å². The fourth-order valence-electron chi connectivity index (χ4n) is 4.39. The Morgan fingerprint density at radius 1 is 1.31 bits per heavy atom. The highest BCUT2D eigenvalue weighted by atomic mass is 16.6. The molecule has 2 heterocycles. The monoisotopic (exact) mass is 394 g/mol. The van der Waals surface area contributed by atoms with Crippen molar-refractivity contribution in [2.45, 2.75) is 31.6 Å². The van der Waals surface area contributed by atoms with E-state index >= 15 is 0 Å². The fourth-order valence-corrected chi connectivity index (χ4v) is 4.39. The van der Waals surface area contributed by atoms with Gasteiger partial charge in [-0.1, -0.05) is 24.3 Å². The number of carbonyl (C=O) groups excluding carboxylic acids is 1. The van der Waals surface area contributed by atoms with Gasteiger partial charge < -0.3 is 4.74 Å². The van der Waals surface area contributed by atoms with Crippen molar-refractivity contribution >= 4 is 23.2 Å². The number of aliphatic imine (C=N–C) groups is 1. The van der Waals surface area contributed by atoms with Crippen LogP contribution in [-0.4, -0.2) is 33.5 Å². The van der Waals surface area contributed by atoms with Crippen LogP contribution in [0, 0.1) is 16.0 Å². The number of fused-ring (bicyclic) bond motifs is 1. The molecule has 0 spiro atoms. The summed E-state index contributed by atoms with van der Waals surface area (Å²) in [7, 11) is 3.19. The summed E-state index contributed by atoms with van der Waals surface area (Å²) in [4.78, 5) is 28.4.